The summed E-state index contributed by atoms with van der Waals surface area (Å²) in [5.74, 6) is -2.18. The molecule has 0 spiro atoms. The van der Waals surface area contributed by atoms with Gasteiger partial charge in [-0.3, -0.25) is 19.2 Å². The second-order valence-corrected chi connectivity index (χ2v) is 5.87. The molecule has 0 aromatic heterocycles. The van der Waals surface area contributed by atoms with Crippen molar-refractivity contribution in [2.24, 2.45) is 0 Å². The summed E-state index contributed by atoms with van der Waals surface area (Å²) in [6.45, 7) is 3.58. The Kier molecular flexibility index (Phi) is 5.67. The minimum Gasteiger partial charge on any atom is -0.287 e. The number of benzene rings is 1. The van der Waals surface area contributed by atoms with E-state index in [1.165, 1.54) is 12.1 Å². The van der Waals surface area contributed by atoms with E-state index < -0.39 is 23.4 Å². The van der Waals surface area contributed by atoms with Gasteiger partial charge in [0.25, 0.3) is 0 Å². The van der Waals surface area contributed by atoms with Gasteiger partial charge in [0, 0.05) is 24.0 Å². The second kappa shape index (κ2) is 7.53. The molecule has 0 saturated heterocycles. The van der Waals surface area contributed by atoms with Crippen LogP contribution in [0.4, 0.5) is 0 Å². The molecule has 0 aliphatic heterocycles. The van der Waals surface area contributed by atoms with Crippen LogP contribution >= 0.6 is 11.6 Å². The Hall–Kier alpha value is -2.27. The normalized spacial score (nSPS) is 13.8. The molecule has 0 atom stereocenters. The highest BCUT2D eigenvalue weighted by molar-refractivity contribution is 6.50. The maximum atomic E-state index is 12.8. The van der Waals surface area contributed by atoms with Crippen LogP contribution in [0, 0.1) is 0 Å². The molecule has 1 aromatic rings. The van der Waals surface area contributed by atoms with E-state index in [9.17, 15) is 19.2 Å². The molecular formula is C18H18ClNO4. The van der Waals surface area contributed by atoms with E-state index in [2.05, 4.69) is 0 Å². The molecule has 126 valence electrons. The Balaban J connectivity index is 2.58. The largest absolute Gasteiger partial charge is 0.287 e. The average molecular weight is 348 g/mol. The summed E-state index contributed by atoms with van der Waals surface area (Å²) in [7, 11) is 0. The van der Waals surface area contributed by atoms with Gasteiger partial charge in [-0.25, -0.2) is 4.90 Å². The summed E-state index contributed by atoms with van der Waals surface area (Å²) in [5, 5.41) is -0.382. The van der Waals surface area contributed by atoms with Crippen molar-refractivity contribution in [3.63, 3.8) is 0 Å². The van der Waals surface area contributed by atoms with Gasteiger partial charge in [-0.15, -0.1) is 0 Å². The maximum absolute atomic E-state index is 12.8. The quantitative estimate of drug-likeness (QED) is 0.817. The molecule has 0 N–H and O–H groups in total. The third kappa shape index (κ3) is 3.17. The van der Waals surface area contributed by atoms with E-state index >= 15 is 0 Å². The molecule has 0 bridgehead atoms. The molecule has 2 amide bonds. The zero-order chi connectivity index (χ0) is 17.9. The van der Waals surface area contributed by atoms with Gasteiger partial charge in [0.2, 0.25) is 23.4 Å². The van der Waals surface area contributed by atoms with Crippen LogP contribution in [0.15, 0.2) is 35.0 Å². The van der Waals surface area contributed by atoms with Gasteiger partial charge in [-0.1, -0.05) is 49.7 Å². The number of rotatable bonds is 5. The standard InChI is InChI=1S/C18H18ClNO4/c1-3-7-13(21)20(14(22)8-4-2)16-15(19)17(23)11-9-5-6-10-12(11)18(16)24/h5-6,9-10H,3-4,7-8H2,1-2H3. The SMILES string of the molecule is CCCC(=O)N(C(=O)CCC)C1=C(Cl)C(=O)c2ccccc2C1=O. The van der Waals surface area contributed by atoms with Crippen LogP contribution in [-0.2, 0) is 9.59 Å². The van der Waals surface area contributed by atoms with Crippen LogP contribution in [-0.4, -0.2) is 28.3 Å². The predicted molar refractivity (Wildman–Crippen MR) is 89.7 cm³/mol. The molecule has 6 heteroatoms. The summed E-state index contributed by atoms with van der Waals surface area (Å²) in [6, 6.07) is 6.24. The van der Waals surface area contributed by atoms with E-state index in [0.29, 0.717) is 12.8 Å². The molecule has 1 aliphatic carbocycles. The lowest BCUT2D eigenvalue weighted by Gasteiger charge is -2.26. The maximum Gasteiger partial charge on any atom is 0.233 e. The molecule has 1 aromatic carbocycles. The van der Waals surface area contributed by atoms with Gasteiger partial charge in [-0.2, -0.15) is 0 Å². The Morgan fingerprint density at radius 3 is 1.83 bits per heavy atom. The Bertz CT molecular complexity index is 733. The molecule has 1 aliphatic rings. The van der Waals surface area contributed by atoms with Crippen molar-refractivity contribution in [2.75, 3.05) is 0 Å². The zero-order valence-corrected chi connectivity index (χ0v) is 14.4. The third-order valence-corrected chi connectivity index (χ3v) is 4.04. The number of carbonyl (C=O) groups excluding carboxylic acids is 4. The smallest absolute Gasteiger partial charge is 0.233 e. The van der Waals surface area contributed by atoms with Gasteiger partial charge in [0.1, 0.15) is 10.7 Å². The number of ketones is 2. The molecule has 0 radical (unpaired) electrons. The van der Waals surface area contributed by atoms with Gasteiger partial charge < -0.3 is 0 Å². The Labute approximate surface area is 145 Å². The number of allylic oxidation sites excluding steroid dienone is 2. The number of fused-ring (bicyclic) bond motifs is 1. The third-order valence-electron chi connectivity index (χ3n) is 3.69. The highest BCUT2D eigenvalue weighted by Crippen LogP contribution is 2.31. The Morgan fingerprint density at radius 1 is 0.917 bits per heavy atom. The number of amides is 2. The Morgan fingerprint density at radius 2 is 1.38 bits per heavy atom. The first-order valence-corrected chi connectivity index (χ1v) is 8.25. The summed E-state index contributed by atoms with van der Waals surface area (Å²) in [5.41, 5.74) is 0.0137. The van der Waals surface area contributed by atoms with Crippen LogP contribution < -0.4 is 0 Å². The summed E-state index contributed by atoms with van der Waals surface area (Å²) in [6.07, 6.45) is 1.20. The highest BCUT2D eigenvalue weighted by Gasteiger charge is 2.38. The lowest BCUT2D eigenvalue weighted by atomic mass is 9.91. The van der Waals surface area contributed by atoms with E-state index in [4.69, 9.17) is 11.6 Å². The zero-order valence-electron chi connectivity index (χ0n) is 13.6. The number of hydrogen-bond donors (Lipinski definition) is 0. The van der Waals surface area contributed by atoms with E-state index in [1.807, 2.05) is 0 Å². The lowest BCUT2D eigenvalue weighted by molar-refractivity contribution is -0.142. The second-order valence-electron chi connectivity index (χ2n) is 5.49. The predicted octanol–water partition coefficient (Wildman–Crippen LogP) is 3.47. The molecule has 24 heavy (non-hydrogen) atoms. The first-order valence-electron chi connectivity index (χ1n) is 7.87. The van der Waals surface area contributed by atoms with Crippen LogP contribution in [0.2, 0.25) is 0 Å². The van der Waals surface area contributed by atoms with Crippen molar-refractivity contribution in [2.45, 2.75) is 39.5 Å². The van der Waals surface area contributed by atoms with Crippen molar-refractivity contribution in [1.82, 2.24) is 4.90 Å². The number of nitrogens with zero attached hydrogens (tertiary/aromatic N) is 1. The van der Waals surface area contributed by atoms with Crippen molar-refractivity contribution < 1.29 is 19.2 Å². The van der Waals surface area contributed by atoms with Gasteiger partial charge in [-0.05, 0) is 12.8 Å². The van der Waals surface area contributed by atoms with Crippen molar-refractivity contribution in [1.29, 1.82) is 0 Å². The van der Waals surface area contributed by atoms with Crippen molar-refractivity contribution >= 4 is 35.0 Å². The number of imide groups is 1. The minimum atomic E-state index is -0.580. The summed E-state index contributed by atoms with van der Waals surface area (Å²) >= 11 is 6.10. The van der Waals surface area contributed by atoms with Gasteiger partial charge in [0.15, 0.2) is 0 Å². The monoisotopic (exact) mass is 347 g/mol. The average Bonchev–Trinajstić information content (AvgIpc) is 2.57. The van der Waals surface area contributed by atoms with E-state index in [-0.39, 0.29) is 34.7 Å². The summed E-state index contributed by atoms with van der Waals surface area (Å²) in [4.78, 5) is 50.9. The molecule has 0 unspecified atom stereocenters. The van der Waals surface area contributed by atoms with E-state index in [0.717, 1.165) is 4.90 Å². The lowest BCUT2D eigenvalue weighted by Crippen LogP contribution is -2.41. The molecule has 2 rings (SSSR count). The van der Waals surface area contributed by atoms with Crippen LogP contribution in [0.25, 0.3) is 0 Å². The number of carbonyl (C=O) groups is 4. The molecule has 0 fully saturated rings. The minimum absolute atomic E-state index is 0.0895. The fourth-order valence-electron chi connectivity index (χ4n) is 2.57. The fourth-order valence-corrected chi connectivity index (χ4v) is 2.84. The molecule has 5 nitrogen and oxygen atoms in total. The molecular weight excluding hydrogens is 330 g/mol. The van der Waals surface area contributed by atoms with Crippen molar-refractivity contribution in [3.8, 4) is 0 Å². The van der Waals surface area contributed by atoms with Crippen LogP contribution in [0.1, 0.15) is 60.2 Å². The fraction of sp³-hybridized carbons (Fsp3) is 0.333. The topological polar surface area (TPSA) is 71.5 Å². The number of hydrogen-bond acceptors (Lipinski definition) is 4. The highest BCUT2D eigenvalue weighted by atomic mass is 35.5. The molecule has 0 saturated carbocycles. The first-order chi connectivity index (χ1) is 11.4. The number of Topliss-reactive ketones (excluding diaryl/α,β-unsaturated/α-hetero) is 2. The number of halogens is 1. The first kappa shape index (κ1) is 18.1. The van der Waals surface area contributed by atoms with Crippen LogP contribution in [0.5, 0.6) is 0 Å². The van der Waals surface area contributed by atoms with Crippen LogP contribution in [0.3, 0.4) is 0 Å². The van der Waals surface area contributed by atoms with Crippen molar-refractivity contribution in [3.05, 3.63) is 46.1 Å². The molecule has 0 heterocycles. The van der Waals surface area contributed by atoms with E-state index in [1.54, 1.807) is 26.0 Å². The summed E-state index contributed by atoms with van der Waals surface area (Å²) < 4.78 is 0. The van der Waals surface area contributed by atoms with Gasteiger partial charge in [0.05, 0.1) is 0 Å². The van der Waals surface area contributed by atoms with Gasteiger partial charge >= 0.3 is 0 Å².